The number of hydrogen-bond acceptors (Lipinski definition) is 3. The third-order valence-corrected chi connectivity index (χ3v) is 2.33. The molecule has 2 rings (SSSR count). The monoisotopic (exact) mass is 192 g/mol. The number of hydrogen-bond donors (Lipinski definition) is 0. The zero-order valence-corrected chi connectivity index (χ0v) is 7.34. The number of nitro benzene ring substituents is 1. The van der Waals surface area contributed by atoms with Gasteiger partial charge in [-0.25, -0.2) is 0 Å². The second kappa shape index (κ2) is 3.10. The lowest BCUT2D eigenvalue weighted by molar-refractivity contribution is -0.384. The van der Waals surface area contributed by atoms with Crippen molar-refractivity contribution in [1.82, 2.24) is 0 Å². The Morgan fingerprint density at radius 2 is 2.29 bits per heavy atom. The lowest BCUT2D eigenvalue weighted by Gasteiger charge is -2.09. The Morgan fingerprint density at radius 1 is 1.50 bits per heavy atom. The molecule has 5 heteroatoms. The Balaban J connectivity index is 2.59. The summed E-state index contributed by atoms with van der Waals surface area (Å²) in [6.45, 7) is 0.531. The second-order valence-corrected chi connectivity index (χ2v) is 3.09. The number of nitrogens with zero attached hydrogens (tertiary/aromatic N) is 2. The standard InChI is InChI=1S/C9H8N2O3/c12-6-10-5-4-7-2-1-3-8(9(7)10)11(13)14/h1-3,6H,4-5H2. The van der Waals surface area contributed by atoms with Crippen LogP contribution < -0.4 is 4.90 Å². The molecule has 5 nitrogen and oxygen atoms in total. The summed E-state index contributed by atoms with van der Waals surface area (Å²) in [5.41, 5.74) is 1.32. The summed E-state index contributed by atoms with van der Waals surface area (Å²) < 4.78 is 0. The van der Waals surface area contributed by atoms with E-state index in [1.54, 1.807) is 6.07 Å². The van der Waals surface area contributed by atoms with Crippen molar-refractivity contribution >= 4 is 17.8 Å². The van der Waals surface area contributed by atoms with Gasteiger partial charge in [0.25, 0.3) is 5.69 Å². The van der Waals surface area contributed by atoms with Crippen molar-refractivity contribution in [2.75, 3.05) is 11.4 Å². The van der Waals surface area contributed by atoms with Gasteiger partial charge in [0.2, 0.25) is 6.41 Å². The molecule has 0 atom stereocenters. The summed E-state index contributed by atoms with van der Waals surface area (Å²) in [6, 6.07) is 4.87. The maximum atomic E-state index is 10.7. The number of nitro groups is 1. The van der Waals surface area contributed by atoms with Crippen LogP contribution in [0, 0.1) is 10.1 Å². The largest absolute Gasteiger partial charge is 0.309 e. The number of para-hydroxylation sites is 1. The van der Waals surface area contributed by atoms with Crippen molar-refractivity contribution in [2.24, 2.45) is 0 Å². The molecule has 1 aliphatic heterocycles. The zero-order valence-electron chi connectivity index (χ0n) is 7.34. The van der Waals surface area contributed by atoms with Gasteiger partial charge in [-0.2, -0.15) is 0 Å². The van der Waals surface area contributed by atoms with Gasteiger partial charge in [0.1, 0.15) is 5.69 Å². The number of carbonyl (C=O) groups is 1. The van der Waals surface area contributed by atoms with Crippen molar-refractivity contribution in [2.45, 2.75) is 6.42 Å². The van der Waals surface area contributed by atoms with Crippen molar-refractivity contribution in [1.29, 1.82) is 0 Å². The van der Waals surface area contributed by atoms with Crippen LogP contribution in [-0.4, -0.2) is 17.9 Å². The summed E-state index contributed by atoms with van der Waals surface area (Å²) in [4.78, 5) is 22.3. The molecule has 0 saturated carbocycles. The fraction of sp³-hybridized carbons (Fsp3) is 0.222. The van der Waals surface area contributed by atoms with E-state index in [-0.39, 0.29) is 5.69 Å². The van der Waals surface area contributed by atoms with Crippen LogP contribution in [-0.2, 0) is 11.2 Å². The SMILES string of the molecule is O=CN1CCc2cccc([N+](=O)[O-])c21. The minimum atomic E-state index is -0.458. The van der Waals surface area contributed by atoms with Gasteiger partial charge in [-0.3, -0.25) is 14.9 Å². The maximum Gasteiger partial charge on any atom is 0.293 e. The summed E-state index contributed by atoms with van der Waals surface area (Å²) in [5.74, 6) is 0. The first kappa shape index (κ1) is 8.68. The van der Waals surface area contributed by atoms with E-state index >= 15 is 0 Å². The van der Waals surface area contributed by atoms with Gasteiger partial charge in [0.15, 0.2) is 0 Å². The van der Waals surface area contributed by atoms with E-state index in [0.29, 0.717) is 25.1 Å². The van der Waals surface area contributed by atoms with E-state index in [1.807, 2.05) is 6.07 Å². The highest BCUT2D eigenvalue weighted by Crippen LogP contribution is 2.35. The number of benzene rings is 1. The predicted molar refractivity (Wildman–Crippen MR) is 50.2 cm³/mol. The number of amides is 1. The van der Waals surface area contributed by atoms with Gasteiger partial charge in [-0.15, -0.1) is 0 Å². The third-order valence-electron chi connectivity index (χ3n) is 2.33. The molecule has 0 radical (unpaired) electrons. The van der Waals surface area contributed by atoms with Gasteiger partial charge in [0, 0.05) is 12.6 Å². The van der Waals surface area contributed by atoms with Crippen molar-refractivity contribution in [3.63, 3.8) is 0 Å². The Labute approximate surface area is 80.1 Å². The lowest BCUT2D eigenvalue weighted by atomic mass is 10.1. The van der Waals surface area contributed by atoms with Crippen LogP contribution in [0.1, 0.15) is 5.56 Å². The molecule has 1 heterocycles. The van der Waals surface area contributed by atoms with Gasteiger partial charge >= 0.3 is 0 Å². The molecule has 1 amide bonds. The first-order chi connectivity index (χ1) is 6.74. The minimum absolute atomic E-state index is 0.00657. The number of carbonyl (C=O) groups excluding carboxylic acids is 1. The summed E-state index contributed by atoms with van der Waals surface area (Å²) in [6.07, 6.45) is 1.33. The van der Waals surface area contributed by atoms with Crippen LogP contribution in [0.2, 0.25) is 0 Å². The van der Waals surface area contributed by atoms with Gasteiger partial charge < -0.3 is 4.90 Å². The Kier molecular flexibility index (Phi) is 1.92. The summed E-state index contributed by atoms with van der Waals surface area (Å²) >= 11 is 0. The van der Waals surface area contributed by atoms with Crippen molar-refractivity contribution in [3.05, 3.63) is 33.9 Å². The number of fused-ring (bicyclic) bond motifs is 1. The molecule has 0 aliphatic carbocycles. The minimum Gasteiger partial charge on any atom is -0.309 e. The molecule has 0 N–H and O–H groups in total. The van der Waals surface area contributed by atoms with E-state index in [1.165, 1.54) is 11.0 Å². The molecule has 1 aromatic rings. The van der Waals surface area contributed by atoms with E-state index in [4.69, 9.17) is 0 Å². The Bertz CT molecular complexity index is 403. The average Bonchev–Trinajstić information content (AvgIpc) is 2.59. The van der Waals surface area contributed by atoms with Crippen LogP contribution >= 0.6 is 0 Å². The van der Waals surface area contributed by atoms with E-state index in [2.05, 4.69) is 0 Å². The first-order valence-electron chi connectivity index (χ1n) is 4.22. The average molecular weight is 192 g/mol. The molecular formula is C9H8N2O3. The predicted octanol–water partition coefficient (Wildman–Crippen LogP) is 1.11. The molecule has 1 aliphatic rings. The summed E-state index contributed by atoms with van der Waals surface area (Å²) in [7, 11) is 0. The Morgan fingerprint density at radius 3 is 2.93 bits per heavy atom. The highest BCUT2D eigenvalue weighted by molar-refractivity contribution is 5.85. The van der Waals surface area contributed by atoms with Gasteiger partial charge in [-0.1, -0.05) is 12.1 Å². The highest BCUT2D eigenvalue weighted by Gasteiger charge is 2.27. The molecular weight excluding hydrogens is 184 g/mol. The normalized spacial score (nSPS) is 13.9. The first-order valence-corrected chi connectivity index (χ1v) is 4.22. The van der Waals surface area contributed by atoms with Crippen LogP contribution in [0.5, 0.6) is 0 Å². The molecule has 0 aromatic heterocycles. The Hall–Kier alpha value is -1.91. The van der Waals surface area contributed by atoms with Gasteiger partial charge in [0.05, 0.1) is 4.92 Å². The molecule has 0 unspecified atom stereocenters. The molecule has 1 aromatic carbocycles. The van der Waals surface area contributed by atoms with Crippen LogP contribution in [0.25, 0.3) is 0 Å². The fourth-order valence-corrected chi connectivity index (χ4v) is 1.72. The lowest BCUT2D eigenvalue weighted by Crippen LogP contribution is -2.18. The molecule has 0 saturated heterocycles. The molecule has 0 fully saturated rings. The van der Waals surface area contributed by atoms with Gasteiger partial charge in [-0.05, 0) is 12.0 Å². The quantitative estimate of drug-likeness (QED) is 0.400. The maximum absolute atomic E-state index is 10.7. The second-order valence-electron chi connectivity index (χ2n) is 3.09. The number of rotatable bonds is 2. The van der Waals surface area contributed by atoms with E-state index in [9.17, 15) is 14.9 Å². The molecule has 14 heavy (non-hydrogen) atoms. The van der Waals surface area contributed by atoms with E-state index < -0.39 is 4.92 Å². The highest BCUT2D eigenvalue weighted by atomic mass is 16.6. The molecule has 72 valence electrons. The van der Waals surface area contributed by atoms with Crippen LogP contribution in [0.15, 0.2) is 18.2 Å². The van der Waals surface area contributed by atoms with Crippen molar-refractivity contribution < 1.29 is 9.72 Å². The molecule has 0 bridgehead atoms. The molecule has 0 spiro atoms. The zero-order chi connectivity index (χ0) is 10.1. The third kappa shape index (κ3) is 1.14. The van der Waals surface area contributed by atoms with Crippen LogP contribution in [0.4, 0.5) is 11.4 Å². The summed E-state index contributed by atoms with van der Waals surface area (Å²) in [5, 5.41) is 10.7. The van der Waals surface area contributed by atoms with E-state index in [0.717, 1.165) is 5.56 Å². The number of anilines is 1. The van der Waals surface area contributed by atoms with Crippen molar-refractivity contribution in [3.8, 4) is 0 Å². The van der Waals surface area contributed by atoms with Crippen LogP contribution in [0.3, 0.4) is 0 Å². The fourth-order valence-electron chi connectivity index (χ4n) is 1.72. The topological polar surface area (TPSA) is 63.5 Å². The smallest absolute Gasteiger partial charge is 0.293 e.